The predicted octanol–water partition coefficient (Wildman–Crippen LogP) is 3.96. The smallest absolute Gasteiger partial charge is 0.419 e. The maximum Gasteiger partial charge on any atom is 0.419 e. The van der Waals surface area contributed by atoms with Crippen LogP contribution in [0.4, 0.5) is 23.4 Å². The maximum absolute atomic E-state index is 13.8. The summed E-state index contributed by atoms with van der Waals surface area (Å²) in [6.07, 6.45) is -1.35. The molecule has 3 aromatic rings. The van der Waals surface area contributed by atoms with Crippen molar-refractivity contribution in [1.82, 2.24) is 14.8 Å². The Morgan fingerprint density at radius 1 is 1.20 bits per heavy atom. The third kappa shape index (κ3) is 2.89. The van der Waals surface area contributed by atoms with Gasteiger partial charge in [-0.05, 0) is 31.9 Å². The van der Waals surface area contributed by atoms with Gasteiger partial charge in [0.2, 0.25) is 0 Å². The van der Waals surface area contributed by atoms with Gasteiger partial charge in [0, 0.05) is 18.0 Å². The van der Waals surface area contributed by atoms with Crippen LogP contribution in [0.5, 0.6) is 5.75 Å². The first kappa shape index (κ1) is 19.1. The van der Waals surface area contributed by atoms with E-state index >= 15 is 0 Å². The van der Waals surface area contributed by atoms with E-state index < -0.39 is 23.3 Å². The maximum atomic E-state index is 13.8. The SMILES string of the molecule is Cc1nn(-c2cc(O)c(F)c(C(F)(F)F)c2)c2cnc(N3CCOCC34CC4)cc12. The van der Waals surface area contributed by atoms with Crippen molar-refractivity contribution in [3.05, 3.63) is 41.5 Å². The lowest BCUT2D eigenvalue weighted by Gasteiger charge is -2.37. The number of aromatic nitrogens is 3. The molecule has 1 spiro atoms. The lowest BCUT2D eigenvalue weighted by Crippen LogP contribution is -2.48. The largest absolute Gasteiger partial charge is 0.505 e. The Kier molecular flexibility index (Phi) is 4.02. The predicted molar refractivity (Wildman–Crippen MR) is 100 cm³/mol. The molecule has 1 aromatic carbocycles. The van der Waals surface area contributed by atoms with Crippen molar-refractivity contribution < 1.29 is 27.4 Å². The van der Waals surface area contributed by atoms with E-state index in [0.717, 1.165) is 30.1 Å². The van der Waals surface area contributed by atoms with Gasteiger partial charge in [-0.1, -0.05) is 0 Å². The van der Waals surface area contributed by atoms with E-state index in [1.165, 1.54) is 4.68 Å². The van der Waals surface area contributed by atoms with Gasteiger partial charge in [-0.2, -0.15) is 18.3 Å². The summed E-state index contributed by atoms with van der Waals surface area (Å²) in [6.45, 7) is 3.71. The Hall–Kier alpha value is -2.88. The van der Waals surface area contributed by atoms with E-state index in [-0.39, 0.29) is 11.2 Å². The van der Waals surface area contributed by atoms with E-state index in [1.54, 1.807) is 13.1 Å². The molecule has 1 N–H and O–H groups in total. The average Bonchev–Trinajstić information content (AvgIpc) is 3.38. The Morgan fingerprint density at radius 3 is 2.67 bits per heavy atom. The molecular weight excluding hydrogens is 404 g/mol. The van der Waals surface area contributed by atoms with Crippen molar-refractivity contribution in [1.29, 1.82) is 0 Å². The minimum atomic E-state index is -4.95. The lowest BCUT2D eigenvalue weighted by molar-refractivity contribution is -0.140. The number of phenolic OH excluding ortho intramolecular Hbond substituents is 1. The monoisotopic (exact) mass is 422 g/mol. The highest BCUT2D eigenvalue weighted by Gasteiger charge is 2.50. The number of nitrogens with zero attached hydrogens (tertiary/aromatic N) is 4. The summed E-state index contributed by atoms with van der Waals surface area (Å²) in [6, 6.07) is 3.43. The number of anilines is 1. The van der Waals surface area contributed by atoms with Crippen LogP contribution in [-0.2, 0) is 10.9 Å². The average molecular weight is 422 g/mol. The zero-order valence-electron chi connectivity index (χ0n) is 16.0. The Labute approximate surface area is 168 Å². The van der Waals surface area contributed by atoms with Crippen molar-refractivity contribution in [2.24, 2.45) is 0 Å². The number of phenols is 1. The number of fused-ring (bicyclic) bond motifs is 1. The lowest BCUT2D eigenvalue weighted by atomic mass is 10.1. The van der Waals surface area contributed by atoms with Crippen LogP contribution in [-0.4, -0.2) is 45.2 Å². The standard InChI is InChI=1S/C20H18F4N4O2/c1-11-13-8-17(27-4-5-30-10-19(27)2-3-19)25-9-15(13)28(26-11)12-6-14(20(22,23)24)18(21)16(29)7-12/h6-9,29H,2-5,10H2,1H3. The third-order valence-corrected chi connectivity index (χ3v) is 5.83. The van der Waals surface area contributed by atoms with Gasteiger partial charge in [0.25, 0.3) is 0 Å². The van der Waals surface area contributed by atoms with E-state index in [2.05, 4.69) is 15.0 Å². The fourth-order valence-electron chi connectivity index (χ4n) is 4.07. The van der Waals surface area contributed by atoms with Crippen molar-refractivity contribution in [2.45, 2.75) is 31.5 Å². The fourth-order valence-corrected chi connectivity index (χ4v) is 4.07. The van der Waals surface area contributed by atoms with Crippen LogP contribution in [0.3, 0.4) is 0 Å². The van der Waals surface area contributed by atoms with Crippen LogP contribution in [0, 0.1) is 12.7 Å². The Bertz CT molecular complexity index is 1150. The molecule has 1 saturated carbocycles. The summed E-state index contributed by atoms with van der Waals surface area (Å²) in [5.74, 6) is -2.03. The zero-order valence-corrected chi connectivity index (χ0v) is 16.0. The molecule has 3 heterocycles. The second kappa shape index (κ2) is 6.31. The van der Waals surface area contributed by atoms with Crippen LogP contribution in [0.2, 0.25) is 0 Å². The van der Waals surface area contributed by atoms with Crippen molar-refractivity contribution >= 4 is 16.7 Å². The van der Waals surface area contributed by atoms with Gasteiger partial charge in [-0.15, -0.1) is 0 Å². The Balaban J connectivity index is 1.61. The number of hydrogen-bond donors (Lipinski definition) is 1. The zero-order chi connectivity index (χ0) is 21.3. The highest BCUT2D eigenvalue weighted by atomic mass is 19.4. The normalized spacial score (nSPS) is 18.4. The van der Waals surface area contributed by atoms with Crippen molar-refractivity contribution in [2.75, 3.05) is 24.7 Å². The first-order valence-corrected chi connectivity index (χ1v) is 9.50. The number of aryl methyl sites for hydroxylation is 1. The molecule has 1 saturated heterocycles. The number of rotatable bonds is 2. The Morgan fingerprint density at radius 2 is 1.97 bits per heavy atom. The number of pyridine rings is 1. The van der Waals surface area contributed by atoms with Gasteiger partial charge in [-0.25, -0.2) is 14.1 Å². The molecule has 10 heteroatoms. The molecule has 2 aromatic heterocycles. The second-order valence-electron chi connectivity index (χ2n) is 7.81. The first-order chi connectivity index (χ1) is 14.2. The molecule has 1 aliphatic heterocycles. The summed E-state index contributed by atoms with van der Waals surface area (Å²) in [7, 11) is 0. The molecule has 5 rings (SSSR count). The number of ether oxygens (including phenoxy) is 1. The molecule has 1 aliphatic carbocycles. The van der Waals surface area contributed by atoms with Gasteiger partial charge < -0.3 is 14.7 Å². The molecule has 0 unspecified atom stereocenters. The van der Waals surface area contributed by atoms with Crippen molar-refractivity contribution in [3.63, 3.8) is 0 Å². The van der Waals surface area contributed by atoms with Crippen LogP contribution in [0.1, 0.15) is 24.1 Å². The number of hydrogen-bond acceptors (Lipinski definition) is 5. The molecule has 0 bridgehead atoms. The number of halogens is 4. The molecule has 6 nitrogen and oxygen atoms in total. The van der Waals surface area contributed by atoms with E-state index in [9.17, 15) is 22.7 Å². The molecule has 158 valence electrons. The number of alkyl halides is 3. The molecule has 2 aliphatic rings. The number of benzene rings is 1. The topological polar surface area (TPSA) is 63.4 Å². The van der Waals surface area contributed by atoms with Gasteiger partial charge in [-0.3, -0.25) is 0 Å². The van der Waals surface area contributed by atoms with Gasteiger partial charge in [0.05, 0.1) is 47.4 Å². The van der Waals surface area contributed by atoms with Gasteiger partial charge >= 0.3 is 6.18 Å². The quantitative estimate of drug-likeness (QED) is 0.634. The molecule has 30 heavy (non-hydrogen) atoms. The molecule has 0 atom stereocenters. The fraction of sp³-hybridized carbons (Fsp3) is 0.400. The second-order valence-corrected chi connectivity index (χ2v) is 7.81. The molecule has 0 radical (unpaired) electrons. The van der Waals surface area contributed by atoms with Crippen LogP contribution in [0.15, 0.2) is 24.4 Å². The summed E-state index contributed by atoms with van der Waals surface area (Å²) in [5, 5.41) is 14.8. The van der Waals surface area contributed by atoms with Crippen LogP contribution >= 0.6 is 0 Å². The minimum Gasteiger partial charge on any atom is -0.505 e. The third-order valence-electron chi connectivity index (χ3n) is 5.83. The summed E-state index contributed by atoms with van der Waals surface area (Å²) >= 11 is 0. The van der Waals surface area contributed by atoms with E-state index in [1.807, 2.05) is 6.07 Å². The summed E-state index contributed by atoms with van der Waals surface area (Å²) in [5.41, 5.74) is -0.614. The number of aromatic hydroxyl groups is 1. The van der Waals surface area contributed by atoms with Crippen molar-refractivity contribution in [3.8, 4) is 11.4 Å². The van der Waals surface area contributed by atoms with Crippen LogP contribution < -0.4 is 4.90 Å². The molecule has 2 fully saturated rings. The first-order valence-electron chi connectivity index (χ1n) is 9.50. The van der Waals surface area contributed by atoms with E-state index in [0.29, 0.717) is 37.0 Å². The molecule has 0 amide bonds. The summed E-state index contributed by atoms with van der Waals surface area (Å²) in [4.78, 5) is 6.75. The summed E-state index contributed by atoms with van der Waals surface area (Å²) < 4.78 is 60.2. The van der Waals surface area contributed by atoms with E-state index in [4.69, 9.17) is 4.74 Å². The van der Waals surface area contributed by atoms with Gasteiger partial charge in [0.15, 0.2) is 11.6 Å². The van der Waals surface area contributed by atoms with Gasteiger partial charge in [0.1, 0.15) is 5.82 Å². The van der Waals surface area contributed by atoms with Crippen LogP contribution in [0.25, 0.3) is 16.6 Å². The highest BCUT2D eigenvalue weighted by molar-refractivity contribution is 5.85. The number of morpholine rings is 1. The molecular formula is C20H18F4N4O2. The minimum absolute atomic E-state index is 0.0207. The highest BCUT2D eigenvalue weighted by Crippen LogP contribution is 2.46.